The van der Waals surface area contributed by atoms with Gasteiger partial charge in [0.05, 0.1) is 5.92 Å². The van der Waals surface area contributed by atoms with E-state index in [-0.39, 0.29) is 5.92 Å². The SMILES string of the molecule is CN1CCC(C(CNC2CCC2)C(=O)O)CC1. The average molecular weight is 240 g/mol. The lowest BCUT2D eigenvalue weighted by molar-refractivity contribution is -0.144. The van der Waals surface area contributed by atoms with Crippen molar-refractivity contribution in [1.82, 2.24) is 10.2 Å². The standard InChI is InChI=1S/C13H24N2O2/c1-15-7-5-10(6-8-15)12(13(16)17)9-14-11-3-2-4-11/h10-12,14H,2-9H2,1H3,(H,16,17). The summed E-state index contributed by atoms with van der Waals surface area (Å²) in [5.41, 5.74) is 0. The second-order valence-electron chi connectivity index (χ2n) is 5.62. The van der Waals surface area contributed by atoms with Crippen LogP contribution in [0.25, 0.3) is 0 Å². The number of aliphatic carboxylic acids is 1. The van der Waals surface area contributed by atoms with Crippen LogP contribution in [-0.4, -0.2) is 48.7 Å². The van der Waals surface area contributed by atoms with E-state index >= 15 is 0 Å². The summed E-state index contributed by atoms with van der Waals surface area (Å²) in [6.45, 7) is 2.74. The highest BCUT2D eigenvalue weighted by Gasteiger charge is 2.31. The summed E-state index contributed by atoms with van der Waals surface area (Å²) in [5, 5.41) is 12.8. The molecule has 0 bridgehead atoms. The Morgan fingerprint density at radius 3 is 2.47 bits per heavy atom. The molecule has 2 rings (SSSR count). The Labute approximate surface area is 103 Å². The van der Waals surface area contributed by atoms with Crippen LogP contribution in [0.3, 0.4) is 0 Å². The van der Waals surface area contributed by atoms with Crippen molar-refractivity contribution < 1.29 is 9.90 Å². The molecule has 2 aliphatic rings. The zero-order valence-corrected chi connectivity index (χ0v) is 10.7. The minimum atomic E-state index is -0.619. The minimum Gasteiger partial charge on any atom is -0.481 e. The van der Waals surface area contributed by atoms with Crippen molar-refractivity contribution >= 4 is 5.97 Å². The van der Waals surface area contributed by atoms with E-state index in [1.165, 1.54) is 19.3 Å². The van der Waals surface area contributed by atoms with Gasteiger partial charge in [-0.3, -0.25) is 4.79 Å². The predicted octanol–water partition coefficient (Wildman–Crippen LogP) is 1.17. The molecule has 98 valence electrons. The van der Waals surface area contributed by atoms with Crippen molar-refractivity contribution in [2.45, 2.75) is 38.1 Å². The second-order valence-corrected chi connectivity index (χ2v) is 5.62. The smallest absolute Gasteiger partial charge is 0.308 e. The summed E-state index contributed by atoms with van der Waals surface area (Å²) in [6.07, 6.45) is 5.79. The third-order valence-electron chi connectivity index (χ3n) is 4.38. The van der Waals surface area contributed by atoms with Crippen molar-refractivity contribution in [3.8, 4) is 0 Å². The number of carboxylic acids is 1. The molecule has 2 N–H and O–H groups in total. The molecule has 2 fully saturated rings. The maximum absolute atomic E-state index is 11.3. The summed E-state index contributed by atoms with van der Waals surface area (Å²) in [6, 6.07) is 0.586. The predicted molar refractivity (Wildman–Crippen MR) is 67.0 cm³/mol. The first kappa shape index (κ1) is 12.8. The molecule has 1 atom stereocenters. The van der Waals surface area contributed by atoms with Gasteiger partial charge in [-0.2, -0.15) is 0 Å². The Bertz CT molecular complexity index is 258. The quantitative estimate of drug-likeness (QED) is 0.757. The fraction of sp³-hybridized carbons (Fsp3) is 0.923. The number of nitrogens with one attached hydrogen (secondary N) is 1. The average Bonchev–Trinajstić information content (AvgIpc) is 2.23. The summed E-state index contributed by atoms with van der Waals surface area (Å²) in [4.78, 5) is 13.6. The first-order chi connectivity index (χ1) is 8.16. The zero-order valence-electron chi connectivity index (χ0n) is 10.7. The van der Waals surface area contributed by atoms with Gasteiger partial charge in [0, 0.05) is 12.6 Å². The summed E-state index contributed by atoms with van der Waals surface area (Å²) in [5.74, 6) is -0.452. The molecular formula is C13H24N2O2. The highest BCUT2D eigenvalue weighted by atomic mass is 16.4. The number of piperidine rings is 1. The van der Waals surface area contributed by atoms with Gasteiger partial charge in [0.25, 0.3) is 0 Å². The van der Waals surface area contributed by atoms with Gasteiger partial charge in [-0.25, -0.2) is 0 Å². The Morgan fingerprint density at radius 2 is 2.00 bits per heavy atom. The molecule has 0 amide bonds. The summed E-state index contributed by atoms with van der Waals surface area (Å²) in [7, 11) is 2.11. The molecule has 1 saturated heterocycles. The van der Waals surface area contributed by atoms with Crippen LogP contribution in [0, 0.1) is 11.8 Å². The van der Waals surface area contributed by atoms with E-state index < -0.39 is 5.97 Å². The highest BCUT2D eigenvalue weighted by molar-refractivity contribution is 5.70. The lowest BCUT2D eigenvalue weighted by Crippen LogP contribution is -2.44. The van der Waals surface area contributed by atoms with Crippen molar-refractivity contribution in [3.05, 3.63) is 0 Å². The van der Waals surface area contributed by atoms with Crippen LogP contribution in [0.2, 0.25) is 0 Å². The topological polar surface area (TPSA) is 52.6 Å². The molecule has 1 saturated carbocycles. The normalized spacial score (nSPS) is 25.5. The van der Waals surface area contributed by atoms with E-state index in [1.54, 1.807) is 0 Å². The number of nitrogens with zero attached hydrogens (tertiary/aromatic N) is 1. The lowest BCUT2D eigenvalue weighted by Gasteiger charge is -2.34. The molecule has 4 nitrogen and oxygen atoms in total. The molecule has 1 heterocycles. The van der Waals surface area contributed by atoms with Gasteiger partial charge in [0.2, 0.25) is 0 Å². The molecule has 0 radical (unpaired) electrons. The number of carboxylic acid groups (broad SMARTS) is 1. The van der Waals surface area contributed by atoms with E-state index in [0.29, 0.717) is 18.5 Å². The Morgan fingerprint density at radius 1 is 1.35 bits per heavy atom. The third-order valence-corrected chi connectivity index (χ3v) is 4.38. The van der Waals surface area contributed by atoms with Crippen molar-refractivity contribution in [2.75, 3.05) is 26.7 Å². The van der Waals surface area contributed by atoms with Crippen LogP contribution in [0.5, 0.6) is 0 Å². The van der Waals surface area contributed by atoms with Gasteiger partial charge in [0.1, 0.15) is 0 Å². The second kappa shape index (κ2) is 5.83. The number of rotatable bonds is 5. The van der Waals surface area contributed by atoms with Gasteiger partial charge >= 0.3 is 5.97 Å². The maximum Gasteiger partial charge on any atom is 0.308 e. The van der Waals surface area contributed by atoms with E-state index in [2.05, 4.69) is 17.3 Å². The van der Waals surface area contributed by atoms with Crippen molar-refractivity contribution in [1.29, 1.82) is 0 Å². The van der Waals surface area contributed by atoms with Crippen molar-refractivity contribution in [2.24, 2.45) is 11.8 Å². The van der Waals surface area contributed by atoms with E-state index in [1.807, 2.05) is 0 Å². The fourth-order valence-corrected chi connectivity index (χ4v) is 2.79. The minimum absolute atomic E-state index is 0.190. The third kappa shape index (κ3) is 3.42. The number of hydrogen-bond donors (Lipinski definition) is 2. The summed E-state index contributed by atoms with van der Waals surface area (Å²) >= 11 is 0. The first-order valence-corrected chi connectivity index (χ1v) is 6.81. The van der Waals surface area contributed by atoms with E-state index in [9.17, 15) is 9.90 Å². The molecule has 0 aromatic heterocycles. The monoisotopic (exact) mass is 240 g/mol. The lowest BCUT2D eigenvalue weighted by atomic mass is 9.83. The molecule has 17 heavy (non-hydrogen) atoms. The van der Waals surface area contributed by atoms with Crippen LogP contribution < -0.4 is 5.32 Å². The van der Waals surface area contributed by atoms with Gasteiger partial charge < -0.3 is 15.3 Å². The maximum atomic E-state index is 11.3. The Kier molecular flexibility index (Phi) is 4.40. The van der Waals surface area contributed by atoms with E-state index in [0.717, 1.165) is 25.9 Å². The molecule has 0 aromatic carbocycles. The van der Waals surface area contributed by atoms with Gasteiger partial charge in [-0.15, -0.1) is 0 Å². The number of hydrogen-bond acceptors (Lipinski definition) is 3. The zero-order chi connectivity index (χ0) is 12.3. The Balaban J connectivity index is 1.80. The molecule has 1 aliphatic carbocycles. The molecular weight excluding hydrogens is 216 g/mol. The van der Waals surface area contributed by atoms with Crippen LogP contribution in [0.4, 0.5) is 0 Å². The van der Waals surface area contributed by atoms with Gasteiger partial charge in [-0.05, 0) is 51.7 Å². The van der Waals surface area contributed by atoms with Gasteiger partial charge in [-0.1, -0.05) is 6.42 Å². The largest absolute Gasteiger partial charge is 0.481 e. The highest BCUT2D eigenvalue weighted by Crippen LogP contribution is 2.25. The molecule has 4 heteroatoms. The van der Waals surface area contributed by atoms with Crippen LogP contribution in [0.15, 0.2) is 0 Å². The van der Waals surface area contributed by atoms with Crippen molar-refractivity contribution in [3.63, 3.8) is 0 Å². The van der Waals surface area contributed by atoms with Gasteiger partial charge in [0.15, 0.2) is 0 Å². The molecule has 0 aromatic rings. The Hall–Kier alpha value is -0.610. The number of carbonyl (C=O) groups is 1. The van der Waals surface area contributed by atoms with Crippen LogP contribution in [-0.2, 0) is 4.79 Å². The van der Waals surface area contributed by atoms with E-state index in [4.69, 9.17) is 0 Å². The van der Waals surface area contributed by atoms with Crippen LogP contribution >= 0.6 is 0 Å². The fourth-order valence-electron chi connectivity index (χ4n) is 2.79. The van der Waals surface area contributed by atoms with Crippen LogP contribution in [0.1, 0.15) is 32.1 Å². The number of likely N-dealkylation sites (tertiary alicyclic amines) is 1. The molecule has 1 unspecified atom stereocenters. The molecule has 1 aliphatic heterocycles. The summed E-state index contributed by atoms with van der Waals surface area (Å²) < 4.78 is 0. The molecule has 0 spiro atoms. The first-order valence-electron chi connectivity index (χ1n) is 6.81.